The molecule has 1 N–H and O–H groups in total. The fourth-order valence-corrected chi connectivity index (χ4v) is 2.69. The van der Waals surface area contributed by atoms with Crippen LogP contribution in [0.3, 0.4) is 0 Å². The highest BCUT2D eigenvalue weighted by atomic mass is 32.1. The van der Waals surface area contributed by atoms with Crippen molar-refractivity contribution in [1.82, 2.24) is 9.97 Å². The molecule has 2 rings (SSSR count). The molecule has 0 spiro atoms. The maximum atomic E-state index is 4.22. The molecule has 0 aliphatic heterocycles. The van der Waals surface area contributed by atoms with Crippen LogP contribution in [0.15, 0.2) is 36.0 Å². The minimum atomic E-state index is 0.115. The summed E-state index contributed by atoms with van der Waals surface area (Å²) in [5.74, 6) is 0.681. The highest BCUT2D eigenvalue weighted by Crippen LogP contribution is 2.37. The van der Waals surface area contributed by atoms with Crippen LogP contribution < -0.4 is 5.32 Å². The molecule has 0 amide bonds. The molecular formula is C13H17N3S. The van der Waals surface area contributed by atoms with Gasteiger partial charge in [0.1, 0.15) is 0 Å². The van der Waals surface area contributed by atoms with Gasteiger partial charge in [-0.05, 0) is 22.9 Å². The summed E-state index contributed by atoms with van der Waals surface area (Å²) in [6.07, 6.45) is 3.51. The molecule has 0 saturated carbocycles. The lowest BCUT2D eigenvalue weighted by Crippen LogP contribution is -2.25. The number of nitrogens with one attached hydrogen (secondary N) is 1. The third-order valence-electron chi connectivity index (χ3n) is 2.53. The first-order valence-corrected chi connectivity index (χ1v) is 6.52. The largest absolute Gasteiger partial charge is 0.346 e. The van der Waals surface area contributed by atoms with Crippen molar-refractivity contribution in [1.29, 1.82) is 0 Å². The smallest absolute Gasteiger partial charge is 0.223 e. The van der Waals surface area contributed by atoms with Crippen molar-refractivity contribution < 1.29 is 0 Å². The number of aromatic nitrogens is 2. The molecule has 2 heterocycles. The Morgan fingerprint density at radius 2 is 1.88 bits per heavy atom. The van der Waals surface area contributed by atoms with E-state index in [1.165, 1.54) is 4.88 Å². The summed E-state index contributed by atoms with van der Waals surface area (Å²) >= 11 is 1.76. The number of thiophene rings is 1. The summed E-state index contributed by atoms with van der Waals surface area (Å²) in [6, 6.07) is 6.27. The second kappa shape index (κ2) is 4.84. The van der Waals surface area contributed by atoms with E-state index in [-0.39, 0.29) is 11.5 Å². The average molecular weight is 247 g/mol. The Hall–Kier alpha value is -1.42. The molecule has 1 unspecified atom stereocenters. The van der Waals surface area contributed by atoms with E-state index in [4.69, 9.17) is 0 Å². The lowest BCUT2D eigenvalue weighted by atomic mass is 9.86. The minimum absolute atomic E-state index is 0.115. The van der Waals surface area contributed by atoms with Crippen LogP contribution in [0.2, 0.25) is 0 Å². The Kier molecular flexibility index (Phi) is 3.43. The summed E-state index contributed by atoms with van der Waals surface area (Å²) < 4.78 is 0. The highest BCUT2D eigenvalue weighted by Gasteiger charge is 2.27. The summed E-state index contributed by atoms with van der Waals surface area (Å²) in [5, 5.41) is 5.51. The molecule has 0 fully saturated rings. The Balaban J connectivity index is 2.24. The van der Waals surface area contributed by atoms with Gasteiger partial charge in [-0.15, -0.1) is 11.3 Å². The first-order chi connectivity index (χ1) is 8.07. The first kappa shape index (κ1) is 12.0. The summed E-state index contributed by atoms with van der Waals surface area (Å²) in [6.45, 7) is 6.65. The predicted molar refractivity (Wildman–Crippen MR) is 72.2 cm³/mol. The van der Waals surface area contributed by atoms with Gasteiger partial charge in [-0.1, -0.05) is 26.8 Å². The third kappa shape index (κ3) is 3.03. The lowest BCUT2D eigenvalue weighted by Gasteiger charge is -2.30. The van der Waals surface area contributed by atoms with Crippen LogP contribution >= 0.6 is 11.3 Å². The summed E-state index contributed by atoms with van der Waals surface area (Å²) in [4.78, 5) is 9.76. The normalized spacial score (nSPS) is 13.4. The Bertz CT molecular complexity index is 445. The monoisotopic (exact) mass is 247 g/mol. The van der Waals surface area contributed by atoms with Crippen LogP contribution in [0, 0.1) is 5.41 Å². The number of hydrogen-bond acceptors (Lipinski definition) is 4. The molecule has 0 bridgehead atoms. The minimum Gasteiger partial charge on any atom is -0.346 e. The molecule has 2 aromatic heterocycles. The topological polar surface area (TPSA) is 37.8 Å². The molecule has 0 aliphatic carbocycles. The van der Waals surface area contributed by atoms with E-state index < -0.39 is 0 Å². The second-order valence-electron chi connectivity index (χ2n) is 5.03. The van der Waals surface area contributed by atoms with E-state index in [1.54, 1.807) is 23.7 Å². The van der Waals surface area contributed by atoms with E-state index in [0.717, 1.165) is 0 Å². The Morgan fingerprint density at radius 3 is 2.41 bits per heavy atom. The summed E-state index contributed by atoms with van der Waals surface area (Å²) in [5.41, 5.74) is 0.115. The fourth-order valence-electron chi connectivity index (χ4n) is 1.67. The molecule has 4 heteroatoms. The van der Waals surface area contributed by atoms with Gasteiger partial charge in [-0.3, -0.25) is 0 Å². The molecule has 0 saturated heterocycles. The van der Waals surface area contributed by atoms with Gasteiger partial charge in [0.05, 0.1) is 6.04 Å². The Morgan fingerprint density at radius 1 is 1.18 bits per heavy atom. The van der Waals surface area contributed by atoms with Crippen molar-refractivity contribution in [3.8, 4) is 0 Å². The van der Waals surface area contributed by atoms with Crippen LogP contribution in [0.25, 0.3) is 0 Å². The maximum Gasteiger partial charge on any atom is 0.223 e. The molecule has 2 aromatic rings. The molecule has 0 radical (unpaired) electrons. The molecule has 17 heavy (non-hydrogen) atoms. The molecule has 3 nitrogen and oxygen atoms in total. The van der Waals surface area contributed by atoms with Crippen LogP contribution in [-0.2, 0) is 0 Å². The van der Waals surface area contributed by atoms with Gasteiger partial charge >= 0.3 is 0 Å². The average Bonchev–Trinajstić information content (AvgIpc) is 2.79. The van der Waals surface area contributed by atoms with Crippen LogP contribution in [0.4, 0.5) is 5.95 Å². The molecule has 0 aliphatic rings. The van der Waals surface area contributed by atoms with Gasteiger partial charge in [0, 0.05) is 17.3 Å². The van der Waals surface area contributed by atoms with Crippen molar-refractivity contribution in [3.05, 3.63) is 40.8 Å². The van der Waals surface area contributed by atoms with E-state index >= 15 is 0 Å². The molecule has 0 aromatic carbocycles. The van der Waals surface area contributed by atoms with E-state index in [0.29, 0.717) is 5.95 Å². The second-order valence-corrected chi connectivity index (χ2v) is 6.01. The van der Waals surface area contributed by atoms with Crippen molar-refractivity contribution in [3.63, 3.8) is 0 Å². The molecule has 1 atom stereocenters. The van der Waals surface area contributed by atoms with Crippen molar-refractivity contribution in [2.45, 2.75) is 26.8 Å². The summed E-state index contributed by atoms with van der Waals surface area (Å²) in [7, 11) is 0. The van der Waals surface area contributed by atoms with E-state index in [9.17, 15) is 0 Å². The zero-order chi connectivity index (χ0) is 12.3. The number of nitrogens with zero attached hydrogens (tertiary/aromatic N) is 2. The van der Waals surface area contributed by atoms with Gasteiger partial charge in [0.15, 0.2) is 0 Å². The third-order valence-corrected chi connectivity index (χ3v) is 3.47. The Labute approximate surface area is 106 Å². The van der Waals surface area contributed by atoms with Gasteiger partial charge in [0.25, 0.3) is 0 Å². The standard InChI is InChI=1S/C13H17N3S/c1-13(2,3)11(10-6-4-9-17-10)16-12-14-7-5-8-15-12/h4-9,11H,1-3H3,(H,14,15,16). The van der Waals surface area contributed by atoms with Crippen LogP contribution in [0.5, 0.6) is 0 Å². The molecule has 90 valence electrons. The van der Waals surface area contributed by atoms with Crippen molar-refractivity contribution >= 4 is 17.3 Å². The van der Waals surface area contributed by atoms with Crippen molar-refractivity contribution in [2.75, 3.05) is 5.32 Å². The predicted octanol–water partition coefficient (Wildman–Crippen LogP) is 3.74. The van der Waals surface area contributed by atoms with Gasteiger partial charge in [-0.2, -0.15) is 0 Å². The zero-order valence-electron chi connectivity index (χ0n) is 10.3. The fraction of sp³-hybridized carbons (Fsp3) is 0.385. The van der Waals surface area contributed by atoms with Crippen LogP contribution in [0.1, 0.15) is 31.7 Å². The van der Waals surface area contributed by atoms with Gasteiger partial charge in [0.2, 0.25) is 5.95 Å². The highest BCUT2D eigenvalue weighted by molar-refractivity contribution is 7.10. The van der Waals surface area contributed by atoms with Crippen molar-refractivity contribution in [2.24, 2.45) is 5.41 Å². The SMILES string of the molecule is CC(C)(C)C(Nc1ncccn1)c1cccs1. The zero-order valence-corrected chi connectivity index (χ0v) is 11.2. The maximum absolute atomic E-state index is 4.22. The number of hydrogen-bond donors (Lipinski definition) is 1. The first-order valence-electron chi connectivity index (χ1n) is 5.64. The van der Waals surface area contributed by atoms with Gasteiger partial charge in [-0.25, -0.2) is 9.97 Å². The quantitative estimate of drug-likeness (QED) is 0.898. The van der Waals surface area contributed by atoms with E-state index in [2.05, 4.69) is 53.6 Å². The van der Waals surface area contributed by atoms with Gasteiger partial charge < -0.3 is 5.32 Å². The van der Waals surface area contributed by atoms with Crippen LogP contribution in [-0.4, -0.2) is 9.97 Å². The van der Waals surface area contributed by atoms with E-state index in [1.807, 2.05) is 6.07 Å². The molecular weight excluding hydrogens is 230 g/mol. The number of anilines is 1. The lowest BCUT2D eigenvalue weighted by molar-refractivity contribution is 0.350. The number of rotatable bonds is 3.